The highest BCUT2D eigenvalue weighted by Crippen LogP contribution is 2.19. The number of aromatic nitrogens is 3. The molecule has 0 spiro atoms. The average molecular weight is 435 g/mol. The lowest BCUT2D eigenvalue weighted by Crippen LogP contribution is -2.39. The molecular formula is C20H24Cl2N6O. The molecule has 0 aliphatic carbocycles. The van der Waals surface area contributed by atoms with Gasteiger partial charge in [-0.25, -0.2) is 0 Å². The Morgan fingerprint density at radius 2 is 2.00 bits per heavy atom. The number of halogens is 2. The number of aliphatic imine (C=N–C) groups is 1. The first-order valence-corrected chi connectivity index (χ1v) is 10.1. The Morgan fingerprint density at radius 3 is 2.66 bits per heavy atom. The molecule has 29 heavy (non-hydrogen) atoms. The molecule has 0 aliphatic heterocycles. The quantitative estimate of drug-likeness (QED) is 0.448. The van der Waals surface area contributed by atoms with E-state index in [4.69, 9.17) is 27.7 Å². The van der Waals surface area contributed by atoms with Gasteiger partial charge in [0.1, 0.15) is 0 Å². The van der Waals surface area contributed by atoms with E-state index in [1.165, 1.54) is 0 Å². The Labute approximate surface area is 180 Å². The number of hydrogen-bond acceptors (Lipinski definition) is 4. The Morgan fingerprint density at radius 1 is 1.24 bits per heavy atom. The van der Waals surface area contributed by atoms with Crippen molar-refractivity contribution in [2.45, 2.75) is 19.9 Å². The first kappa shape index (κ1) is 21.2. The third kappa shape index (κ3) is 5.74. The molecule has 2 aromatic heterocycles. The van der Waals surface area contributed by atoms with Crippen LogP contribution in [0.5, 0.6) is 0 Å². The van der Waals surface area contributed by atoms with Crippen LogP contribution in [0, 0.1) is 0 Å². The van der Waals surface area contributed by atoms with Gasteiger partial charge in [0.15, 0.2) is 5.96 Å². The average Bonchev–Trinajstić information content (AvgIpc) is 3.28. The van der Waals surface area contributed by atoms with Crippen molar-refractivity contribution in [2.24, 2.45) is 12.0 Å². The standard InChI is InChI=1S/C20H24Cl2N6O/c1-4-23-20(28(3)13-17-11-16(22)12-27(17)2)24-10-9-18-25-19(26-29-18)14-5-7-15(21)8-6-14/h5-8,11-12H,4,9-10,13H2,1-3H3,(H,23,24). The second-order valence-corrected chi connectivity index (χ2v) is 7.49. The van der Waals surface area contributed by atoms with Crippen LogP contribution in [0.1, 0.15) is 18.5 Å². The minimum Gasteiger partial charge on any atom is -0.357 e. The molecule has 154 valence electrons. The molecule has 0 atom stereocenters. The maximum atomic E-state index is 6.08. The van der Waals surface area contributed by atoms with Gasteiger partial charge in [-0.2, -0.15) is 4.98 Å². The predicted molar refractivity (Wildman–Crippen MR) is 116 cm³/mol. The zero-order valence-electron chi connectivity index (χ0n) is 16.7. The van der Waals surface area contributed by atoms with E-state index in [1.807, 2.05) is 50.0 Å². The Kier molecular flexibility index (Phi) is 7.17. The molecule has 0 saturated heterocycles. The molecule has 0 saturated carbocycles. The molecule has 0 bridgehead atoms. The van der Waals surface area contributed by atoms with Gasteiger partial charge in [0.2, 0.25) is 11.7 Å². The molecule has 0 aliphatic rings. The summed E-state index contributed by atoms with van der Waals surface area (Å²) in [4.78, 5) is 11.2. The third-order valence-electron chi connectivity index (χ3n) is 4.33. The molecule has 1 aromatic carbocycles. The Bertz CT molecular complexity index is 964. The van der Waals surface area contributed by atoms with Crippen molar-refractivity contribution in [3.63, 3.8) is 0 Å². The fourth-order valence-corrected chi connectivity index (χ4v) is 3.24. The van der Waals surface area contributed by atoms with Crippen molar-refractivity contribution >= 4 is 29.2 Å². The minimum absolute atomic E-state index is 0.531. The number of nitrogens with one attached hydrogen (secondary N) is 1. The summed E-state index contributed by atoms with van der Waals surface area (Å²) in [7, 11) is 3.97. The van der Waals surface area contributed by atoms with Crippen LogP contribution in [0.15, 0.2) is 46.0 Å². The van der Waals surface area contributed by atoms with E-state index in [0.717, 1.165) is 28.8 Å². The van der Waals surface area contributed by atoms with Gasteiger partial charge >= 0.3 is 0 Å². The summed E-state index contributed by atoms with van der Waals surface area (Å²) in [5.41, 5.74) is 1.97. The summed E-state index contributed by atoms with van der Waals surface area (Å²) in [6.45, 7) is 4.04. The van der Waals surface area contributed by atoms with Crippen molar-refractivity contribution in [1.29, 1.82) is 0 Å². The topological polar surface area (TPSA) is 71.5 Å². The van der Waals surface area contributed by atoms with Crippen LogP contribution in [0.3, 0.4) is 0 Å². The summed E-state index contributed by atoms with van der Waals surface area (Å²) >= 11 is 12.0. The number of hydrogen-bond donors (Lipinski definition) is 1. The van der Waals surface area contributed by atoms with Crippen LogP contribution in [0.2, 0.25) is 10.0 Å². The third-order valence-corrected chi connectivity index (χ3v) is 4.79. The molecule has 3 rings (SSSR count). The summed E-state index contributed by atoms with van der Waals surface area (Å²) in [5.74, 6) is 1.90. The molecule has 7 nitrogen and oxygen atoms in total. The van der Waals surface area contributed by atoms with Crippen molar-refractivity contribution in [1.82, 2.24) is 24.9 Å². The van der Waals surface area contributed by atoms with Crippen LogP contribution >= 0.6 is 23.2 Å². The van der Waals surface area contributed by atoms with Crippen molar-refractivity contribution in [2.75, 3.05) is 20.1 Å². The van der Waals surface area contributed by atoms with Gasteiger partial charge in [-0.15, -0.1) is 0 Å². The van der Waals surface area contributed by atoms with Gasteiger partial charge in [-0.3, -0.25) is 4.99 Å². The molecule has 0 amide bonds. The monoisotopic (exact) mass is 434 g/mol. The lowest BCUT2D eigenvalue weighted by Gasteiger charge is -2.22. The van der Waals surface area contributed by atoms with Crippen LogP contribution in [-0.2, 0) is 20.0 Å². The highest BCUT2D eigenvalue weighted by Gasteiger charge is 2.11. The lowest BCUT2D eigenvalue weighted by atomic mass is 10.2. The molecule has 0 fully saturated rings. The van der Waals surface area contributed by atoms with Gasteiger partial charge in [-0.05, 0) is 37.3 Å². The van der Waals surface area contributed by atoms with E-state index in [1.54, 1.807) is 12.1 Å². The molecule has 2 heterocycles. The Hall–Kier alpha value is -2.51. The van der Waals surface area contributed by atoms with Crippen molar-refractivity contribution in [3.05, 3.63) is 58.2 Å². The number of rotatable bonds is 7. The largest absolute Gasteiger partial charge is 0.357 e. The zero-order valence-corrected chi connectivity index (χ0v) is 18.2. The predicted octanol–water partition coefficient (Wildman–Crippen LogP) is 4.02. The number of benzene rings is 1. The second-order valence-electron chi connectivity index (χ2n) is 6.62. The highest BCUT2D eigenvalue weighted by atomic mass is 35.5. The Balaban J connectivity index is 1.61. The van der Waals surface area contributed by atoms with Crippen LogP contribution in [-0.4, -0.2) is 45.7 Å². The van der Waals surface area contributed by atoms with Gasteiger partial charge < -0.3 is 19.3 Å². The van der Waals surface area contributed by atoms with E-state index in [0.29, 0.717) is 36.2 Å². The fourth-order valence-electron chi connectivity index (χ4n) is 2.84. The van der Waals surface area contributed by atoms with Gasteiger partial charge in [-0.1, -0.05) is 28.4 Å². The van der Waals surface area contributed by atoms with Crippen molar-refractivity contribution < 1.29 is 4.52 Å². The normalized spacial score (nSPS) is 11.7. The molecule has 9 heteroatoms. The molecular weight excluding hydrogens is 411 g/mol. The van der Waals surface area contributed by atoms with Gasteiger partial charge in [0.05, 0.1) is 18.1 Å². The summed E-state index contributed by atoms with van der Waals surface area (Å²) in [6.07, 6.45) is 2.45. The van der Waals surface area contributed by atoms with E-state index in [-0.39, 0.29) is 0 Å². The molecule has 3 aromatic rings. The van der Waals surface area contributed by atoms with Crippen LogP contribution < -0.4 is 5.32 Å². The number of nitrogens with zero attached hydrogens (tertiary/aromatic N) is 5. The molecule has 1 N–H and O–H groups in total. The first-order valence-electron chi connectivity index (χ1n) is 9.35. The first-order chi connectivity index (χ1) is 14.0. The van der Waals surface area contributed by atoms with Gasteiger partial charge in [0.25, 0.3) is 0 Å². The molecule has 0 radical (unpaired) electrons. The van der Waals surface area contributed by atoms with E-state index < -0.39 is 0 Å². The van der Waals surface area contributed by atoms with Crippen LogP contribution in [0.25, 0.3) is 11.4 Å². The number of guanidine groups is 1. The fraction of sp³-hybridized carbons (Fsp3) is 0.350. The van der Waals surface area contributed by atoms with E-state index in [9.17, 15) is 0 Å². The lowest BCUT2D eigenvalue weighted by molar-refractivity contribution is 0.379. The smallest absolute Gasteiger partial charge is 0.228 e. The van der Waals surface area contributed by atoms with Gasteiger partial charge in [0, 0.05) is 49.5 Å². The number of aryl methyl sites for hydroxylation is 1. The summed E-state index contributed by atoms with van der Waals surface area (Å²) in [6, 6.07) is 9.29. The van der Waals surface area contributed by atoms with E-state index in [2.05, 4.69) is 25.3 Å². The van der Waals surface area contributed by atoms with E-state index >= 15 is 0 Å². The van der Waals surface area contributed by atoms with Crippen molar-refractivity contribution in [3.8, 4) is 11.4 Å². The minimum atomic E-state index is 0.531. The summed E-state index contributed by atoms with van der Waals surface area (Å²) < 4.78 is 7.36. The van der Waals surface area contributed by atoms with Crippen LogP contribution in [0.4, 0.5) is 0 Å². The second kappa shape index (κ2) is 9.80. The summed E-state index contributed by atoms with van der Waals surface area (Å²) in [5, 5.41) is 8.74. The maximum absolute atomic E-state index is 6.08. The SMILES string of the molecule is CCNC(=NCCc1nc(-c2ccc(Cl)cc2)no1)N(C)Cc1cc(Cl)cn1C. The zero-order chi connectivity index (χ0) is 20.8. The molecule has 0 unspecified atom stereocenters. The highest BCUT2D eigenvalue weighted by molar-refractivity contribution is 6.30. The maximum Gasteiger partial charge on any atom is 0.228 e.